The van der Waals surface area contributed by atoms with Crippen molar-refractivity contribution in [1.82, 2.24) is 5.32 Å². The topological polar surface area (TPSA) is 92.7 Å². The third-order valence-electron chi connectivity index (χ3n) is 5.52. The molecule has 0 spiro atoms. The number of ether oxygens (including phenoxy) is 1. The van der Waals surface area contributed by atoms with Crippen LogP contribution in [0.4, 0.5) is 0 Å². The molecule has 6 heteroatoms. The molecule has 1 aliphatic carbocycles. The molecule has 0 bridgehead atoms. The quantitative estimate of drug-likeness (QED) is 0.162. The number of carbonyl (C=O) groups is 3. The summed E-state index contributed by atoms with van der Waals surface area (Å²) in [4.78, 5) is 37.0. The van der Waals surface area contributed by atoms with Crippen LogP contribution < -0.4 is 5.32 Å². The molecule has 1 amide bonds. The molecule has 0 aliphatic heterocycles. The van der Waals surface area contributed by atoms with Crippen LogP contribution in [0.15, 0.2) is 72.4 Å². The van der Waals surface area contributed by atoms with Crippen molar-refractivity contribution in [2.45, 2.75) is 72.6 Å². The van der Waals surface area contributed by atoms with Gasteiger partial charge in [0, 0.05) is 11.1 Å². The van der Waals surface area contributed by atoms with E-state index in [0.29, 0.717) is 23.5 Å². The van der Waals surface area contributed by atoms with Gasteiger partial charge in [-0.2, -0.15) is 0 Å². The number of unbranched alkanes of at least 4 members (excludes halogenated alkanes) is 1. The maximum atomic E-state index is 12.7. The van der Waals surface area contributed by atoms with Crippen LogP contribution in [-0.2, 0) is 19.1 Å². The van der Waals surface area contributed by atoms with E-state index < -0.39 is 5.97 Å². The number of aromatic hydroxyl groups is 1. The summed E-state index contributed by atoms with van der Waals surface area (Å²) < 4.78 is 5.21. The van der Waals surface area contributed by atoms with Gasteiger partial charge in [-0.1, -0.05) is 81.8 Å². The van der Waals surface area contributed by atoms with Gasteiger partial charge in [0.1, 0.15) is 5.75 Å². The van der Waals surface area contributed by atoms with Crippen LogP contribution in [-0.4, -0.2) is 35.9 Å². The Morgan fingerprint density at radius 1 is 1.08 bits per heavy atom. The lowest BCUT2D eigenvalue weighted by atomic mass is 9.89. The number of nitrogens with one attached hydrogen (secondary N) is 1. The van der Waals surface area contributed by atoms with E-state index in [1.807, 2.05) is 26.0 Å². The highest BCUT2D eigenvalue weighted by atomic mass is 16.5. The third-order valence-corrected chi connectivity index (χ3v) is 5.52. The zero-order valence-electron chi connectivity index (χ0n) is 21.1. The van der Waals surface area contributed by atoms with Gasteiger partial charge >= 0.3 is 5.97 Å². The van der Waals surface area contributed by atoms with E-state index in [2.05, 4.69) is 18.5 Å². The van der Waals surface area contributed by atoms with E-state index >= 15 is 0 Å². The number of carbonyl (C=O) groups excluding carboxylic acids is 3. The molecule has 0 unspecified atom stereocenters. The fourth-order valence-electron chi connectivity index (χ4n) is 3.49. The fourth-order valence-corrected chi connectivity index (χ4v) is 3.49. The van der Waals surface area contributed by atoms with Gasteiger partial charge in [-0.05, 0) is 51.2 Å². The van der Waals surface area contributed by atoms with E-state index in [-0.39, 0.29) is 32.1 Å². The molecule has 1 saturated carbocycles. The average molecular weight is 498 g/mol. The molecule has 0 radical (unpaired) electrons. The summed E-state index contributed by atoms with van der Waals surface area (Å²) in [5.74, 6) is -0.682. The molecule has 1 aliphatic rings. The zero-order valence-corrected chi connectivity index (χ0v) is 21.1. The van der Waals surface area contributed by atoms with Gasteiger partial charge in [-0.15, -0.1) is 0 Å². The number of amides is 1. The van der Waals surface area contributed by atoms with Crippen LogP contribution in [0.1, 0.15) is 71.3 Å². The molecule has 36 heavy (non-hydrogen) atoms. The fraction of sp³-hybridized carbons (Fsp3) is 0.433. The highest BCUT2D eigenvalue weighted by molar-refractivity contribution is 6.04. The molecule has 2 rings (SSSR count). The molecule has 1 aromatic carbocycles. The lowest BCUT2D eigenvalue weighted by molar-refractivity contribution is -0.143. The monoisotopic (exact) mass is 497 g/mol. The van der Waals surface area contributed by atoms with Crippen molar-refractivity contribution in [3.05, 3.63) is 77.9 Å². The number of rotatable bonds is 11. The Morgan fingerprint density at radius 2 is 1.72 bits per heavy atom. The SMILES string of the molecule is C.C=C/C=C(\C=C)C(=O)CNC(=O)C(CC(=O)OCCCC)=C1CCCCC1.Cc1ccc(O)cc1. The summed E-state index contributed by atoms with van der Waals surface area (Å²) in [6, 6.07) is 7.09. The number of allylic oxidation sites excluding steroid dienone is 4. The second-order valence-corrected chi connectivity index (χ2v) is 8.40. The molecule has 2 N–H and O–H groups in total. The minimum atomic E-state index is -0.392. The molecule has 1 fully saturated rings. The molecule has 1 aromatic rings. The first-order valence-corrected chi connectivity index (χ1v) is 12.2. The van der Waals surface area contributed by atoms with E-state index in [1.165, 1.54) is 17.7 Å². The summed E-state index contributed by atoms with van der Waals surface area (Å²) in [6.07, 6.45) is 11.0. The first kappa shape index (κ1) is 32.6. The highest BCUT2D eigenvalue weighted by Gasteiger charge is 2.21. The Bertz CT molecular complexity index is 896. The normalized spacial score (nSPS) is 12.7. The van der Waals surface area contributed by atoms with E-state index in [0.717, 1.165) is 50.5 Å². The van der Waals surface area contributed by atoms with Gasteiger partial charge in [0.2, 0.25) is 5.91 Å². The molecule has 0 heterocycles. The number of Topliss-reactive ketones (excluding diaryl/α,β-unsaturated/α-hetero) is 1. The standard InChI is InChI=1S/C22H31NO4.C7H8O.CH4/c1-4-7-14-27-21(25)15-19(18-12-9-8-10-13-18)22(26)23-16-20(24)17(6-3)11-5-2;1-6-2-4-7(8)5-3-6;/h5-6,11H,2-4,7-10,12-16H2,1H3,(H,23,26);2-5,8H,1H3;1H4/b17-11+;;. The molecule has 198 valence electrons. The lowest BCUT2D eigenvalue weighted by Gasteiger charge is -2.19. The number of esters is 1. The molecule has 0 saturated heterocycles. The largest absolute Gasteiger partial charge is 0.508 e. The predicted octanol–water partition coefficient (Wildman–Crippen LogP) is 6.30. The molecular weight excluding hydrogens is 454 g/mol. The van der Waals surface area contributed by atoms with Gasteiger partial charge in [0.15, 0.2) is 5.78 Å². The minimum Gasteiger partial charge on any atom is -0.508 e. The molecule has 0 aromatic heterocycles. The number of hydrogen-bond acceptors (Lipinski definition) is 5. The Kier molecular flexibility index (Phi) is 17.1. The average Bonchev–Trinajstić information content (AvgIpc) is 2.87. The first-order valence-electron chi connectivity index (χ1n) is 12.2. The van der Waals surface area contributed by atoms with Crippen LogP contribution in [0.3, 0.4) is 0 Å². The molecule has 6 nitrogen and oxygen atoms in total. The van der Waals surface area contributed by atoms with Crippen molar-refractivity contribution in [2.75, 3.05) is 13.2 Å². The molecular formula is C30H43NO5. The Morgan fingerprint density at radius 3 is 2.25 bits per heavy atom. The van der Waals surface area contributed by atoms with E-state index in [4.69, 9.17) is 9.84 Å². The van der Waals surface area contributed by atoms with Crippen LogP contribution in [0.5, 0.6) is 5.75 Å². The van der Waals surface area contributed by atoms with Gasteiger partial charge in [0.25, 0.3) is 0 Å². The summed E-state index contributed by atoms with van der Waals surface area (Å²) in [5, 5.41) is 11.4. The maximum absolute atomic E-state index is 12.7. The van der Waals surface area contributed by atoms with Crippen molar-refractivity contribution in [1.29, 1.82) is 0 Å². The zero-order chi connectivity index (χ0) is 26.1. The van der Waals surface area contributed by atoms with E-state index in [9.17, 15) is 14.4 Å². The Hall–Kier alpha value is -3.41. The van der Waals surface area contributed by atoms with Crippen molar-refractivity contribution in [2.24, 2.45) is 0 Å². The summed E-state index contributed by atoms with van der Waals surface area (Å²) >= 11 is 0. The minimum absolute atomic E-state index is 0. The van der Waals surface area contributed by atoms with Gasteiger partial charge in [-0.3, -0.25) is 14.4 Å². The smallest absolute Gasteiger partial charge is 0.310 e. The lowest BCUT2D eigenvalue weighted by Crippen LogP contribution is -2.32. The van der Waals surface area contributed by atoms with Gasteiger partial charge in [-0.25, -0.2) is 0 Å². The summed E-state index contributed by atoms with van der Waals surface area (Å²) in [7, 11) is 0. The summed E-state index contributed by atoms with van der Waals surface area (Å²) in [5.41, 5.74) is 3.01. The number of aryl methyl sites for hydroxylation is 1. The van der Waals surface area contributed by atoms with E-state index in [1.54, 1.807) is 18.2 Å². The van der Waals surface area contributed by atoms with Gasteiger partial charge < -0.3 is 15.2 Å². The van der Waals surface area contributed by atoms with Crippen LogP contribution in [0.2, 0.25) is 0 Å². The summed E-state index contributed by atoms with van der Waals surface area (Å²) in [6.45, 7) is 11.4. The van der Waals surface area contributed by atoms with Crippen LogP contribution in [0.25, 0.3) is 0 Å². The number of ketones is 1. The second kappa shape index (κ2) is 18.9. The van der Waals surface area contributed by atoms with Crippen molar-refractivity contribution in [3.63, 3.8) is 0 Å². The van der Waals surface area contributed by atoms with Gasteiger partial charge in [0.05, 0.1) is 19.6 Å². The van der Waals surface area contributed by atoms with Crippen molar-refractivity contribution < 1.29 is 24.2 Å². The third kappa shape index (κ3) is 12.9. The Labute approximate surface area is 216 Å². The van der Waals surface area contributed by atoms with Crippen molar-refractivity contribution >= 4 is 17.7 Å². The maximum Gasteiger partial charge on any atom is 0.310 e. The number of benzene rings is 1. The number of phenols is 1. The number of phenolic OH excluding ortho intramolecular Hbond substituents is 1. The first-order chi connectivity index (χ1) is 16.8. The van der Waals surface area contributed by atoms with Crippen LogP contribution >= 0.6 is 0 Å². The number of hydrogen-bond donors (Lipinski definition) is 2. The van der Waals surface area contributed by atoms with Crippen LogP contribution in [0, 0.1) is 6.92 Å². The second-order valence-electron chi connectivity index (χ2n) is 8.40. The Balaban J connectivity index is 0.00000115. The highest BCUT2D eigenvalue weighted by Crippen LogP contribution is 2.27. The van der Waals surface area contributed by atoms with Crippen molar-refractivity contribution in [3.8, 4) is 5.75 Å². The molecule has 0 atom stereocenters. The predicted molar refractivity (Wildman–Crippen MR) is 147 cm³/mol.